The summed E-state index contributed by atoms with van der Waals surface area (Å²) >= 11 is 0. The Morgan fingerprint density at radius 1 is 1.31 bits per heavy atom. The van der Waals surface area contributed by atoms with Gasteiger partial charge in [-0.2, -0.15) is 4.99 Å². The molecule has 0 fully saturated rings. The highest BCUT2D eigenvalue weighted by molar-refractivity contribution is 5.94. The minimum atomic E-state index is -0.652. The molecule has 2 N–H and O–H groups in total. The Hall–Kier alpha value is -2.67. The molecule has 0 spiro atoms. The van der Waals surface area contributed by atoms with E-state index in [4.69, 9.17) is 9.47 Å². The number of phenols is 1. The fourth-order valence-corrected chi connectivity index (χ4v) is 3.56. The molecule has 1 aliphatic heterocycles. The van der Waals surface area contributed by atoms with Gasteiger partial charge in [-0.3, -0.25) is 0 Å². The van der Waals surface area contributed by atoms with Gasteiger partial charge in [-0.15, -0.1) is 0 Å². The van der Waals surface area contributed by atoms with Gasteiger partial charge in [0.25, 0.3) is 0 Å². The van der Waals surface area contributed by atoms with Crippen LogP contribution in [-0.2, 0) is 15.9 Å². The summed E-state index contributed by atoms with van der Waals surface area (Å²) in [7, 11) is 0. The Bertz CT molecular complexity index is 804. The molecule has 1 amide bonds. The van der Waals surface area contributed by atoms with Crippen molar-refractivity contribution in [2.45, 2.75) is 77.4 Å². The van der Waals surface area contributed by atoms with Crippen LogP contribution in [0, 0.1) is 5.92 Å². The smallest absolute Gasteiger partial charge is 0.433 e. The lowest BCUT2D eigenvalue weighted by atomic mass is 9.93. The number of cyclic esters (lactones) is 1. The van der Waals surface area contributed by atoms with Gasteiger partial charge in [-0.25, -0.2) is 9.59 Å². The second-order valence-electron chi connectivity index (χ2n) is 8.24. The van der Waals surface area contributed by atoms with Crippen LogP contribution in [0.15, 0.2) is 35.3 Å². The number of fused-ring (bicyclic) bond motifs is 1. The number of ether oxygens (including phenoxy) is 2. The summed E-state index contributed by atoms with van der Waals surface area (Å²) in [6.45, 7) is 4.38. The number of amides is 1. The number of phenolic OH excluding ortho intramolecular Hbond substituents is 1. The number of allylic oxidation sites excluding steroid dienone is 2. The van der Waals surface area contributed by atoms with Gasteiger partial charge in [-0.1, -0.05) is 51.0 Å². The summed E-state index contributed by atoms with van der Waals surface area (Å²) in [6, 6.07) is 4.95. The Labute approximate surface area is 190 Å². The third-order valence-electron chi connectivity index (χ3n) is 5.57. The highest BCUT2D eigenvalue weighted by Gasteiger charge is 2.25. The Morgan fingerprint density at radius 3 is 2.91 bits per heavy atom. The number of unbranched alkanes of at least 4 members (excludes halogenated alkanes) is 2. The molecule has 0 radical (unpaired) electrons. The van der Waals surface area contributed by atoms with E-state index in [9.17, 15) is 19.8 Å². The average molecular weight is 446 g/mol. The first kappa shape index (κ1) is 25.6. The van der Waals surface area contributed by atoms with E-state index >= 15 is 0 Å². The van der Waals surface area contributed by atoms with Gasteiger partial charge < -0.3 is 19.7 Å². The molecule has 0 saturated heterocycles. The van der Waals surface area contributed by atoms with Crippen molar-refractivity contribution in [3.63, 3.8) is 0 Å². The molecule has 0 bridgehead atoms. The number of aliphatic imine (C=N–C) groups is 1. The molecule has 2 rings (SSSR count). The van der Waals surface area contributed by atoms with E-state index in [1.165, 1.54) is 12.3 Å². The molecular formula is C25H35NO6. The molecule has 1 aromatic carbocycles. The number of aromatic hydroxyl groups is 1. The summed E-state index contributed by atoms with van der Waals surface area (Å²) in [5, 5.41) is 20.8. The molecule has 3 atom stereocenters. The number of carbonyl (C=O) groups is 2. The normalized spacial score (nSPS) is 22.0. The molecular weight excluding hydrogens is 410 g/mol. The lowest BCUT2D eigenvalue weighted by molar-refractivity contribution is 0.00404. The maximum absolute atomic E-state index is 12.9. The van der Waals surface area contributed by atoms with Crippen molar-refractivity contribution in [3.8, 4) is 5.75 Å². The van der Waals surface area contributed by atoms with Crippen molar-refractivity contribution in [1.29, 1.82) is 0 Å². The van der Waals surface area contributed by atoms with Crippen LogP contribution in [0.4, 0.5) is 4.79 Å². The summed E-state index contributed by atoms with van der Waals surface area (Å²) in [5.74, 6) is -0.746. The standard InChI is InChI=1S/C25H35NO6/c1-3-4-7-16-31-25(30)26-15-9-13-20-17-22(28)18(2)10-5-6-11-19-12-8-14-21(27)23(19)24(29)32-20/h5-6,8,12,14-15,18,20,22,27-28H,3-4,7,9-11,13,16-17H2,1-2H3. The summed E-state index contributed by atoms with van der Waals surface area (Å²) in [4.78, 5) is 28.3. The van der Waals surface area contributed by atoms with E-state index in [2.05, 4.69) is 11.9 Å². The van der Waals surface area contributed by atoms with Crippen LogP contribution in [0.2, 0.25) is 0 Å². The van der Waals surface area contributed by atoms with Crippen molar-refractivity contribution in [2.24, 2.45) is 10.9 Å². The second-order valence-corrected chi connectivity index (χ2v) is 8.24. The highest BCUT2D eigenvalue weighted by atomic mass is 16.5. The fraction of sp³-hybridized carbons (Fsp3) is 0.560. The quantitative estimate of drug-likeness (QED) is 0.265. The zero-order chi connectivity index (χ0) is 23.3. The fourth-order valence-electron chi connectivity index (χ4n) is 3.56. The van der Waals surface area contributed by atoms with Gasteiger partial charge in [0.2, 0.25) is 0 Å². The molecule has 7 nitrogen and oxygen atoms in total. The third-order valence-corrected chi connectivity index (χ3v) is 5.57. The number of esters is 1. The second kappa shape index (κ2) is 13.7. The average Bonchev–Trinajstić information content (AvgIpc) is 2.76. The van der Waals surface area contributed by atoms with Crippen molar-refractivity contribution < 1.29 is 29.3 Å². The van der Waals surface area contributed by atoms with E-state index < -0.39 is 24.3 Å². The molecule has 3 unspecified atom stereocenters. The molecule has 0 saturated carbocycles. The number of aliphatic hydroxyl groups is 1. The van der Waals surface area contributed by atoms with Crippen molar-refractivity contribution in [2.75, 3.05) is 6.61 Å². The largest absolute Gasteiger partial charge is 0.507 e. The van der Waals surface area contributed by atoms with Gasteiger partial charge in [0.15, 0.2) is 0 Å². The molecule has 7 heteroatoms. The molecule has 32 heavy (non-hydrogen) atoms. The van der Waals surface area contributed by atoms with Gasteiger partial charge in [0, 0.05) is 12.6 Å². The minimum absolute atomic E-state index is 0.00212. The predicted octanol–water partition coefficient (Wildman–Crippen LogP) is 4.98. The zero-order valence-electron chi connectivity index (χ0n) is 19.0. The summed E-state index contributed by atoms with van der Waals surface area (Å²) in [6.07, 6.45) is 8.60. The van der Waals surface area contributed by atoms with Crippen molar-refractivity contribution >= 4 is 18.3 Å². The van der Waals surface area contributed by atoms with Crippen LogP contribution < -0.4 is 0 Å². The zero-order valence-corrected chi connectivity index (χ0v) is 19.0. The summed E-state index contributed by atoms with van der Waals surface area (Å²) in [5.41, 5.74) is 0.834. The van der Waals surface area contributed by atoms with E-state index in [0.29, 0.717) is 37.9 Å². The van der Waals surface area contributed by atoms with Crippen LogP contribution in [0.1, 0.15) is 74.7 Å². The van der Waals surface area contributed by atoms with Crippen LogP contribution in [0.5, 0.6) is 5.75 Å². The van der Waals surface area contributed by atoms with Crippen LogP contribution >= 0.6 is 0 Å². The SMILES string of the molecule is CCCCCOC(=O)N=CCCC1CC(O)C(C)CC=CCc2cccc(O)c2C(=O)O1. The number of nitrogens with zero attached hydrogens (tertiary/aromatic N) is 1. The highest BCUT2D eigenvalue weighted by Crippen LogP contribution is 2.26. The summed E-state index contributed by atoms with van der Waals surface area (Å²) < 4.78 is 10.7. The molecule has 0 aliphatic carbocycles. The molecule has 1 heterocycles. The number of rotatable bonds is 7. The van der Waals surface area contributed by atoms with Gasteiger partial charge in [0.05, 0.1) is 12.7 Å². The molecule has 1 aromatic rings. The number of hydrogen-bond acceptors (Lipinski definition) is 6. The Morgan fingerprint density at radius 2 is 2.12 bits per heavy atom. The van der Waals surface area contributed by atoms with Gasteiger partial charge in [0.1, 0.15) is 17.4 Å². The van der Waals surface area contributed by atoms with Crippen LogP contribution in [-0.4, -0.2) is 47.3 Å². The number of benzene rings is 1. The van der Waals surface area contributed by atoms with Crippen LogP contribution in [0.3, 0.4) is 0 Å². The van der Waals surface area contributed by atoms with E-state index in [1.54, 1.807) is 12.1 Å². The number of carbonyl (C=O) groups excluding carboxylic acids is 2. The first-order chi connectivity index (χ1) is 15.4. The molecule has 1 aliphatic rings. The molecule has 0 aromatic heterocycles. The molecule has 176 valence electrons. The third kappa shape index (κ3) is 8.46. The van der Waals surface area contributed by atoms with Crippen molar-refractivity contribution in [1.82, 2.24) is 0 Å². The Kier molecular flexibility index (Phi) is 10.9. The minimum Gasteiger partial charge on any atom is -0.507 e. The predicted molar refractivity (Wildman–Crippen MR) is 123 cm³/mol. The first-order valence-corrected chi connectivity index (χ1v) is 11.5. The maximum atomic E-state index is 12.9. The van der Waals surface area contributed by atoms with E-state index in [-0.39, 0.29) is 23.7 Å². The Balaban J connectivity index is 2.04. The van der Waals surface area contributed by atoms with E-state index in [0.717, 1.165) is 19.3 Å². The first-order valence-electron chi connectivity index (χ1n) is 11.5. The van der Waals surface area contributed by atoms with E-state index in [1.807, 2.05) is 19.1 Å². The lowest BCUT2D eigenvalue weighted by Gasteiger charge is -2.25. The lowest BCUT2D eigenvalue weighted by Crippen LogP contribution is -2.28. The topological polar surface area (TPSA) is 105 Å². The van der Waals surface area contributed by atoms with Gasteiger partial charge >= 0.3 is 12.1 Å². The number of aliphatic hydroxyl groups excluding tert-OH is 1. The number of hydrogen-bond donors (Lipinski definition) is 2. The van der Waals surface area contributed by atoms with Crippen LogP contribution in [0.25, 0.3) is 0 Å². The van der Waals surface area contributed by atoms with Gasteiger partial charge in [-0.05, 0) is 49.7 Å². The monoisotopic (exact) mass is 445 g/mol. The maximum Gasteiger partial charge on any atom is 0.433 e. The van der Waals surface area contributed by atoms with Crippen molar-refractivity contribution in [3.05, 3.63) is 41.5 Å².